The van der Waals surface area contributed by atoms with Crippen LogP contribution in [0.4, 0.5) is 5.82 Å². The van der Waals surface area contributed by atoms with E-state index in [1.54, 1.807) is 4.52 Å². The van der Waals surface area contributed by atoms with E-state index in [9.17, 15) is 5.11 Å². The fraction of sp³-hybridized carbons (Fsp3) is 0.545. The largest absolute Gasteiger partial charge is 0.393 e. The molecule has 0 fully saturated rings. The number of hydrogen-bond acceptors (Lipinski definition) is 5. The highest BCUT2D eigenvalue weighted by Gasteiger charge is 2.06. The third kappa shape index (κ3) is 2.71. The van der Waals surface area contributed by atoms with Gasteiger partial charge in [0.05, 0.1) is 6.10 Å². The summed E-state index contributed by atoms with van der Waals surface area (Å²) in [5.41, 5.74) is 0.893. The van der Waals surface area contributed by atoms with Crippen molar-refractivity contribution < 1.29 is 5.11 Å². The number of anilines is 1. The number of hydrogen-bond donors (Lipinski definition) is 2. The van der Waals surface area contributed by atoms with Gasteiger partial charge < -0.3 is 10.4 Å². The Kier molecular flexibility index (Phi) is 3.53. The highest BCUT2D eigenvalue weighted by molar-refractivity contribution is 5.44. The van der Waals surface area contributed by atoms with Gasteiger partial charge in [0.2, 0.25) is 0 Å². The second kappa shape index (κ2) is 5.09. The summed E-state index contributed by atoms with van der Waals surface area (Å²) >= 11 is 0. The van der Waals surface area contributed by atoms with Gasteiger partial charge in [-0.25, -0.2) is 4.98 Å². The average Bonchev–Trinajstić information content (AvgIpc) is 2.76. The Hall–Kier alpha value is -1.69. The lowest BCUT2D eigenvalue weighted by Gasteiger charge is -2.10. The minimum atomic E-state index is -0.253. The summed E-state index contributed by atoms with van der Waals surface area (Å²) in [6.45, 7) is 4.59. The molecule has 2 aromatic heterocycles. The number of nitrogens with one attached hydrogen (secondary N) is 1. The van der Waals surface area contributed by atoms with Crippen LogP contribution in [0.15, 0.2) is 12.4 Å². The molecule has 0 amide bonds. The van der Waals surface area contributed by atoms with Crippen LogP contribution in [0.1, 0.15) is 25.5 Å². The van der Waals surface area contributed by atoms with E-state index < -0.39 is 0 Å². The Labute approximate surface area is 99.7 Å². The Morgan fingerprint density at radius 1 is 1.53 bits per heavy atom. The molecular weight excluding hydrogens is 218 g/mol. The van der Waals surface area contributed by atoms with Gasteiger partial charge in [0.1, 0.15) is 12.1 Å². The van der Waals surface area contributed by atoms with Crippen molar-refractivity contribution in [2.24, 2.45) is 0 Å². The van der Waals surface area contributed by atoms with Gasteiger partial charge in [-0.2, -0.15) is 14.6 Å². The number of aromatic nitrogens is 4. The first-order chi connectivity index (χ1) is 8.20. The second-order valence-corrected chi connectivity index (χ2v) is 4.03. The molecule has 17 heavy (non-hydrogen) atoms. The number of fused-ring (bicyclic) bond motifs is 1. The summed E-state index contributed by atoms with van der Waals surface area (Å²) in [7, 11) is 0. The normalized spacial score (nSPS) is 12.9. The van der Waals surface area contributed by atoms with Crippen molar-refractivity contribution in [3.05, 3.63) is 18.1 Å². The molecule has 2 rings (SSSR count). The molecule has 0 radical (unpaired) electrons. The molecular formula is C11H17N5O. The van der Waals surface area contributed by atoms with E-state index in [0.717, 1.165) is 17.9 Å². The third-order valence-electron chi connectivity index (χ3n) is 2.63. The summed E-state index contributed by atoms with van der Waals surface area (Å²) in [6, 6.07) is 1.92. The molecule has 2 heterocycles. The van der Waals surface area contributed by atoms with Crippen molar-refractivity contribution in [1.29, 1.82) is 0 Å². The van der Waals surface area contributed by atoms with Crippen LogP contribution in [0.3, 0.4) is 0 Å². The maximum absolute atomic E-state index is 9.48. The first-order valence-corrected chi connectivity index (χ1v) is 5.80. The summed E-state index contributed by atoms with van der Waals surface area (Å²) in [5.74, 6) is 1.44. The van der Waals surface area contributed by atoms with Crippen LogP contribution in [0, 0.1) is 6.92 Å². The van der Waals surface area contributed by atoms with Crippen molar-refractivity contribution >= 4 is 11.6 Å². The molecule has 2 aromatic rings. The molecule has 1 atom stereocenters. The smallest absolute Gasteiger partial charge is 0.254 e. The van der Waals surface area contributed by atoms with E-state index in [0.29, 0.717) is 18.7 Å². The number of rotatable bonds is 5. The topological polar surface area (TPSA) is 75.3 Å². The molecule has 0 saturated heterocycles. The van der Waals surface area contributed by atoms with Gasteiger partial charge in [-0.05, 0) is 19.8 Å². The predicted octanol–water partition coefficient (Wildman–Crippen LogP) is 1.01. The molecule has 6 nitrogen and oxygen atoms in total. The van der Waals surface area contributed by atoms with Crippen molar-refractivity contribution in [3.8, 4) is 0 Å². The van der Waals surface area contributed by atoms with Gasteiger partial charge in [0, 0.05) is 18.3 Å². The number of nitrogens with zero attached hydrogens (tertiary/aromatic N) is 4. The Morgan fingerprint density at radius 3 is 3.12 bits per heavy atom. The first kappa shape index (κ1) is 11.8. The summed E-state index contributed by atoms with van der Waals surface area (Å²) in [6.07, 6.45) is 2.72. The number of aliphatic hydroxyl groups is 1. The molecule has 2 N–H and O–H groups in total. The Morgan fingerprint density at radius 2 is 2.35 bits per heavy atom. The lowest BCUT2D eigenvalue weighted by Crippen LogP contribution is -2.14. The minimum absolute atomic E-state index is 0.253. The fourth-order valence-electron chi connectivity index (χ4n) is 1.63. The second-order valence-electron chi connectivity index (χ2n) is 4.03. The van der Waals surface area contributed by atoms with E-state index in [1.165, 1.54) is 6.33 Å². The highest BCUT2D eigenvalue weighted by Crippen LogP contribution is 2.10. The molecule has 0 aliphatic heterocycles. The summed E-state index contributed by atoms with van der Waals surface area (Å²) < 4.78 is 1.66. The van der Waals surface area contributed by atoms with Crippen molar-refractivity contribution in [3.63, 3.8) is 0 Å². The highest BCUT2D eigenvalue weighted by atomic mass is 16.3. The van der Waals surface area contributed by atoms with Gasteiger partial charge >= 0.3 is 0 Å². The average molecular weight is 235 g/mol. The molecule has 0 aliphatic carbocycles. The molecule has 92 valence electrons. The van der Waals surface area contributed by atoms with Crippen molar-refractivity contribution in [2.45, 2.75) is 32.8 Å². The van der Waals surface area contributed by atoms with Crippen LogP contribution >= 0.6 is 0 Å². The summed E-state index contributed by atoms with van der Waals surface area (Å²) in [5, 5.41) is 16.8. The lowest BCUT2D eigenvalue weighted by molar-refractivity contribution is 0.164. The molecule has 0 aliphatic rings. The van der Waals surface area contributed by atoms with Crippen LogP contribution in [-0.4, -0.2) is 37.3 Å². The third-order valence-corrected chi connectivity index (χ3v) is 2.63. The van der Waals surface area contributed by atoms with Gasteiger partial charge in [-0.15, -0.1) is 0 Å². The van der Waals surface area contributed by atoms with Crippen LogP contribution < -0.4 is 5.32 Å². The van der Waals surface area contributed by atoms with Crippen LogP contribution in [0.5, 0.6) is 0 Å². The number of aliphatic hydroxyl groups excluding tert-OH is 1. The van der Waals surface area contributed by atoms with Gasteiger partial charge in [-0.3, -0.25) is 0 Å². The van der Waals surface area contributed by atoms with Crippen LogP contribution in [-0.2, 0) is 0 Å². The van der Waals surface area contributed by atoms with E-state index in [4.69, 9.17) is 0 Å². The fourth-order valence-corrected chi connectivity index (χ4v) is 1.63. The van der Waals surface area contributed by atoms with E-state index in [-0.39, 0.29) is 6.10 Å². The molecule has 0 bridgehead atoms. The standard InChI is InChI=1S/C11H17N5O/c1-3-9(17)4-5-12-10-6-8(2)15-11-13-7-14-16(10)11/h6-7,9,12,17H,3-5H2,1-2H3. The van der Waals surface area contributed by atoms with Crippen molar-refractivity contribution in [1.82, 2.24) is 19.6 Å². The van der Waals surface area contributed by atoms with Crippen LogP contribution in [0.25, 0.3) is 5.78 Å². The monoisotopic (exact) mass is 235 g/mol. The maximum atomic E-state index is 9.48. The number of aryl methyl sites for hydroxylation is 1. The van der Waals surface area contributed by atoms with E-state index in [1.807, 2.05) is 19.9 Å². The lowest BCUT2D eigenvalue weighted by atomic mass is 10.2. The minimum Gasteiger partial charge on any atom is -0.393 e. The van der Waals surface area contributed by atoms with E-state index in [2.05, 4.69) is 20.4 Å². The van der Waals surface area contributed by atoms with Gasteiger partial charge in [-0.1, -0.05) is 6.92 Å². The molecule has 0 aromatic carbocycles. The predicted molar refractivity (Wildman–Crippen MR) is 64.9 cm³/mol. The van der Waals surface area contributed by atoms with Crippen molar-refractivity contribution in [2.75, 3.05) is 11.9 Å². The molecule has 0 spiro atoms. The van der Waals surface area contributed by atoms with E-state index >= 15 is 0 Å². The molecule has 1 unspecified atom stereocenters. The Bertz CT molecular complexity index is 496. The maximum Gasteiger partial charge on any atom is 0.254 e. The summed E-state index contributed by atoms with van der Waals surface area (Å²) in [4.78, 5) is 8.31. The zero-order chi connectivity index (χ0) is 12.3. The molecule has 0 saturated carbocycles. The van der Waals surface area contributed by atoms with Gasteiger partial charge in [0.15, 0.2) is 0 Å². The quantitative estimate of drug-likeness (QED) is 0.808. The Balaban J connectivity index is 2.09. The van der Waals surface area contributed by atoms with Gasteiger partial charge in [0.25, 0.3) is 5.78 Å². The van der Waals surface area contributed by atoms with Crippen LogP contribution in [0.2, 0.25) is 0 Å². The first-order valence-electron chi connectivity index (χ1n) is 5.80. The molecule has 6 heteroatoms. The SMILES string of the molecule is CCC(O)CCNc1cc(C)nc2ncnn12. The zero-order valence-electron chi connectivity index (χ0n) is 10.1. The zero-order valence-corrected chi connectivity index (χ0v) is 10.1.